The number of hydrogen-bond acceptors (Lipinski definition) is 3. The van der Waals surface area contributed by atoms with Gasteiger partial charge in [-0.05, 0) is 25.3 Å². The van der Waals surface area contributed by atoms with Crippen LogP contribution >= 0.6 is 34.5 Å². The molecule has 1 fully saturated rings. The molecule has 18 heavy (non-hydrogen) atoms. The van der Waals surface area contributed by atoms with Crippen molar-refractivity contribution in [2.24, 2.45) is 0 Å². The van der Waals surface area contributed by atoms with Crippen LogP contribution in [-0.2, 0) is 4.79 Å². The molecule has 4 nitrogen and oxygen atoms in total. The summed E-state index contributed by atoms with van der Waals surface area (Å²) >= 11 is 12.8. The van der Waals surface area contributed by atoms with Gasteiger partial charge in [0.15, 0.2) is 0 Å². The minimum absolute atomic E-state index is 0.140. The molecule has 2 amide bonds. The maximum Gasteiger partial charge on any atom is 0.254 e. The van der Waals surface area contributed by atoms with Gasteiger partial charge < -0.3 is 10.6 Å². The first-order valence-electron chi connectivity index (χ1n) is 5.61. The Labute approximate surface area is 119 Å². The molecule has 1 unspecified atom stereocenters. The predicted octanol–water partition coefficient (Wildman–Crippen LogP) is 2.45. The second-order valence-electron chi connectivity index (χ2n) is 4.05. The summed E-state index contributed by atoms with van der Waals surface area (Å²) < 4.78 is 0.794. The van der Waals surface area contributed by atoms with Crippen molar-refractivity contribution < 1.29 is 9.59 Å². The molecular weight excluding hydrogens is 295 g/mol. The minimum atomic E-state index is -0.491. The summed E-state index contributed by atoms with van der Waals surface area (Å²) in [5, 5.41) is 5.45. The average molecular weight is 307 g/mol. The summed E-state index contributed by atoms with van der Waals surface area (Å²) in [4.78, 5) is 23.7. The van der Waals surface area contributed by atoms with Gasteiger partial charge in [0.1, 0.15) is 10.4 Å². The zero-order valence-electron chi connectivity index (χ0n) is 9.46. The molecule has 2 heterocycles. The Balaban J connectivity index is 2.06. The summed E-state index contributed by atoms with van der Waals surface area (Å²) in [5.74, 6) is -0.497. The lowest BCUT2D eigenvalue weighted by molar-refractivity contribution is -0.122. The van der Waals surface area contributed by atoms with Crippen LogP contribution in [0.3, 0.4) is 0 Å². The van der Waals surface area contributed by atoms with E-state index in [1.807, 2.05) is 0 Å². The molecule has 0 bridgehead atoms. The van der Waals surface area contributed by atoms with Crippen molar-refractivity contribution in [3.05, 3.63) is 20.3 Å². The summed E-state index contributed by atoms with van der Waals surface area (Å²) in [7, 11) is 0. The Bertz CT molecular complexity index is 476. The monoisotopic (exact) mass is 306 g/mol. The Morgan fingerprint density at radius 2 is 2.22 bits per heavy atom. The molecule has 98 valence electrons. The second-order valence-corrected chi connectivity index (χ2v) is 6.34. The standard InChI is InChI=1S/C11H12Cl2N2O2S/c12-8-5-6(9(13)18-8)10(16)15-7-3-1-2-4-14-11(7)17/h5,7H,1-4H2,(H,14,17)(H,15,16). The fraction of sp³-hybridized carbons (Fsp3) is 0.455. The summed E-state index contributed by atoms with van der Waals surface area (Å²) in [6.07, 6.45) is 2.48. The minimum Gasteiger partial charge on any atom is -0.354 e. The third kappa shape index (κ3) is 3.16. The molecule has 0 aliphatic carbocycles. The second kappa shape index (κ2) is 5.91. The van der Waals surface area contributed by atoms with Gasteiger partial charge in [-0.25, -0.2) is 0 Å². The quantitative estimate of drug-likeness (QED) is 0.882. The first-order chi connectivity index (χ1) is 8.58. The third-order valence-corrected chi connectivity index (χ3v) is 4.23. The number of carbonyl (C=O) groups is 2. The lowest BCUT2D eigenvalue weighted by Gasteiger charge is -2.14. The topological polar surface area (TPSA) is 58.2 Å². The van der Waals surface area contributed by atoms with E-state index in [4.69, 9.17) is 23.2 Å². The van der Waals surface area contributed by atoms with E-state index in [2.05, 4.69) is 10.6 Å². The predicted molar refractivity (Wildman–Crippen MR) is 72.5 cm³/mol. The number of amides is 2. The number of halogens is 2. The SMILES string of the molecule is O=C(NC1CCCCNC1=O)c1cc(Cl)sc1Cl. The summed E-state index contributed by atoms with van der Waals surface area (Å²) in [5.41, 5.74) is 0.323. The summed E-state index contributed by atoms with van der Waals surface area (Å²) in [6, 6.07) is 1.02. The van der Waals surface area contributed by atoms with Gasteiger partial charge in [-0.1, -0.05) is 23.2 Å². The number of nitrogens with one attached hydrogen (secondary N) is 2. The molecule has 2 rings (SSSR count). The van der Waals surface area contributed by atoms with E-state index in [1.54, 1.807) is 0 Å². The van der Waals surface area contributed by atoms with Crippen LogP contribution in [0.5, 0.6) is 0 Å². The number of carbonyl (C=O) groups excluding carboxylic acids is 2. The molecule has 2 N–H and O–H groups in total. The molecule has 0 spiro atoms. The van der Waals surface area contributed by atoms with Gasteiger partial charge >= 0.3 is 0 Å². The lowest BCUT2D eigenvalue weighted by atomic mass is 10.1. The molecular formula is C11H12Cl2N2O2S. The van der Waals surface area contributed by atoms with E-state index in [1.165, 1.54) is 6.07 Å². The fourth-order valence-electron chi connectivity index (χ4n) is 1.81. The van der Waals surface area contributed by atoms with Crippen LogP contribution in [0.2, 0.25) is 8.67 Å². The Morgan fingerprint density at radius 3 is 2.89 bits per heavy atom. The zero-order valence-corrected chi connectivity index (χ0v) is 11.8. The smallest absolute Gasteiger partial charge is 0.254 e. The Morgan fingerprint density at radius 1 is 1.44 bits per heavy atom. The first-order valence-corrected chi connectivity index (χ1v) is 7.18. The molecule has 0 radical (unpaired) electrons. The number of thiophene rings is 1. The van der Waals surface area contributed by atoms with E-state index in [9.17, 15) is 9.59 Å². The van der Waals surface area contributed by atoms with Crippen molar-refractivity contribution in [2.75, 3.05) is 6.54 Å². The van der Waals surface area contributed by atoms with Crippen molar-refractivity contribution >= 4 is 46.4 Å². The molecule has 0 aromatic carbocycles. The van der Waals surface area contributed by atoms with Crippen LogP contribution < -0.4 is 10.6 Å². The molecule has 7 heteroatoms. The van der Waals surface area contributed by atoms with Gasteiger partial charge in [0.25, 0.3) is 5.91 Å². The first kappa shape index (κ1) is 13.6. The average Bonchev–Trinajstić information content (AvgIpc) is 2.52. The van der Waals surface area contributed by atoms with Crippen molar-refractivity contribution in [2.45, 2.75) is 25.3 Å². The highest BCUT2D eigenvalue weighted by molar-refractivity contribution is 7.20. The van der Waals surface area contributed by atoms with Crippen molar-refractivity contribution in [3.63, 3.8) is 0 Å². The van der Waals surface area contributed by atoms with Gasteiger partial charge in [-0.15, -0.1) is 11.3 Å². The van der Waals surface area contributed by atoms with Crippen LogP contribution in [0.1, 0.15) is 29.6 Å². The largest absolute Gasteiger partial charge is 0.354 e. The number of hydrogen-bond donors (Lipinski definition) is 2. The van der Waals surface area contributed by atoms with E-state index in [0.29, 0.717) is 27.2 Å². The molecule has 0 saturated carbocycles. The molecule has 1 aromatic rings. The van der Waals surface area contributed by atoms with Crippen LogP contribution in [-0.4, -0.2) is 24.4 Å². The van der Waals surface area contributed by atoms with Crippen LogP contribution in [0, 0.1) is 0 Å². The van der Waals surface area contributed by atoms with Crippen LogP contribution in [0.25, 0.3) is 0 Å². The lowest BCUT2D eigenvalue weighted by Crippen LogP contribution is -2.45. The van der Waals surface area contributed by atoms with E-state index >= 15 is 0 Å². The number of rotatable bonds is 2. The van der Waals surface area contributed by atoms with Crippen LogP contribution in [0.4, 0.5) is 0 Å². The molecule has 1 aliphatic heterocycles. The van der Waals surface area contributed by atoms with E-state index in [0.717, 1.165) is 24.2 Å². The van der Waals surface area contributed by atoms with Crippen molar-refractivity contribution in [3.8, 4) is 0 Å². The highest BCUT2D eigenvalue weighted by Crippen LogP contribution is 2.31. The maximum atomic E-state index is 12.0. The van der Waals surface area contributed by atoms with E-state index < -0.39 is 6.04 Å². The third-order valence-electron chi connectivity index (χ3n) is 2.74. The zero-order chi connectivity index (χ0) is 13.1. The molecule has 1 atom stereocenters. The Kier molecular flexibility index (Phi) is 4.48. The highest BCUT2D eigenvalue weighted by atomic mass is 35.5. The van der Waals surface area contributed by atoms with Gasteiger partial charge in [0.2, 0.25) is 5.91 Å². The van der Waals surface area contributed by atoms with Crippen molar-refractivity contribution in [1.82, 2.24) is 10.6 Å². The van der Waals surface area contributed by atoms with Gasteiger partial charge in [0.05, 0.1) is 9.90 Å². The van der Waals surface area contributed by atoms with E-state index in [-0.39, 0.29) is 11.8 Å². The van der Waals surface area contributed by atoms with Gasteiger partial charge in [-0.2, -0.15) is 0 Å². The van der Waals surface area contributed by atoms with Gasteiger partial charge in [0, 0.05) is 6.54 Å². The van der Waals surface area contributed by atoms with Gasteiger partial charge in [-0.3, -0.25) is 9.59 Å². The van der Waals surface area contributed by atoms with Crippen LogP contribution in [0.15, 0.2) is 6.07 Å². The fourth-order valence-corrected chi connectivity index (χ4v) is 3.27. The molecule has 1 saturated heterocycles. The molecule has 1 aromatic heterocycles. The highest BCUT2D eigenvalue weighted by Gasteiger charge is 2.24. The summed E-state index contributed by atoms with van der Waals surface area (Å²) in [6.45, 7) is 0.663. The van der Waals surface area contributed by atoms with Crippen molar-refractivity contribution in [1.29, 1.82) is 0 Å². The normalized spacial score (nSPS) is 20.1. The maximum absolute atomic E-state index is 12.0. The molecule has 1 aliphatic rings. The Hall–Kier alpha value is -0.780.